The zero-order valence-electron chi connectivity index (χ0n) is 18.5. The number of amides is 1. The first-order valence-electron chi connectivity index (χ1n) is 11.4. The van der Waals surface area contributed by atoms with Crippen LogP contribution in [0.2, 0.25) is 0 Å². The number of benzene rings is 3. The highest BCUT2D eigenvalue weighted by Gasteiger charge is 2.38. The van der Waals surface area contributed by atoms with Crippen LogP contribution in [0.15, 0.2) is 79.0 Å². The average Bonchev–Trinajstić information content (AvgIpc) is 2.88. The van der Waals surface area contributed by atoms with Gasteiger partial charge in [0.1, 0.15) is 11.6 Å². The second kappa shape index (κ2) is 8.50. The summed E-state index contributed by atoms with van der Waals surface area (Å²) >= 11 is 0. The van der Waals surface area contributed by atoms with Crippen molar-refractivity contribution in [2.45, 2.75) is 12.2 Å². The van der Waals surface area contributed by atoms with E-state index >= 15 is 0 Å². The minimum atomic E-state index is -0.325. The predicted octanol–water partition coefficient (Wildman–Crippen LogP) is 4.17. The van der Waals surface area contributed by atoms with Crippen molar-refractivity contribution in [1.29, 1.82) is 0 Å². The first-order valence-corrected chi connectivity index (χ1v) is 11.4. The van der Waals surface area contributed by atoms with Crippen LogP contribution in [0, 0.1) is 5.82 Å². The number of carbonyl (C=O) groups is 1. The lowest BCUT2D eigenvalue weighted by molar-refractivity contribution is -0.0847. The number of fused-ring (bicyclic) bond motifs is 3. The number of nitrogens with zero attached hydrogens (tertiary/aromatic N) is 4. The van der Waals surface area contributed by atoms with Crippen LogP contribution in [0.5, 0.6) is 0 Å². The molecule has 4 aromatic rings. The first-order chi connectivity index (χ1) is 16.6. The Hall–Kier alpha value is -3.84. The maximum Gasteiger partial charge on any atom is 0.254 e. The Morgan fingerprint density at radius 1 is 0.882 bits per heavy atom. The molecule has 170 valence electrons. The lowest BCUT2D eigenvalue weighted by Gasteiger charge is -2.46. The number of halogens is 1. The Balaban J connectivity index is 1.21. The molecular formula is C27H23FN4O2. The summed E-state index contributed by atoms with van der Waals surface area (Å²) in [6.45, 7) is 2.26. The fraction of sp³-hybridized carbons (Fsp3) is 0.222. The smallest absolute Gasteiger partial charge is 0.254 e. The summed E-state index contributed by atoms with van der Waals surface area (Å²) in [7, 11) is 0. The fourth-order valence-corrected chi connectivity index (χ4v) is 4.88. The topological polar surface area (TPSA) is 58.6 Å². The Morgan fingerprint density at radius 2 is 1.62 bits per heavy atom. The summed E-state index contributed by atoms with van der Waals surface area (Å²) < 4.78 is 19.6. The lowest BCUT2D eigenvalue weighted by Crippen LogP contribution is -2.60. The van der Waals surface area contributed by atoms with E-state index < -0.39 is 0 Å². The number of carbonyl (C=O) groups excluding carboxylic acids is 1. The Bertz CT molecular complexity index is 1350. The van der Waals surface area contributed by atoms with Crippen molar-refractivity contribution in [2.75, 3.05) is 31.1 Å². The molecule has 2 atom stereocenters. The van der Waals surface area contributed by atoms with Gasteiger partial charge in [-0.15, -0.1) is 0 Å². The van der Waals surface area contributed by atoms with E-state index in [1.807, 2.05) is 59.5 Å². The molecule has 3 aromatic carbocycles. The van der Waals surface area contributed by atoms with Crippen molar-refractivity contribution in [3.8, 4) is 11.1 Å². The second-order valence-electron chi connectivity index (χ2n) is 8.77. The minimum absolute atomic E-state index is 0.0266. The molecule has 1 aromatic heterocycles. The van der Waals surface area contributed by atoms with E-state index in [1.165, 1.54) is 12.1 Å². The minimum Gasteiger partial charge on any atom is -0.368 e. The summed E-state index contributed by atoms with van der Waals surface area (Å²) in [5.41, 5.74) is 3.86. The molecule has 2 aliphatic rings. The molecule has 0 N–H and O–H groups in total. The average molecular weight is 455 g/mol. The van der Waals surface area contributed by atoms with Gasteiger partial charge in [0.15, 0.2) is 0 Å². The molecule has 0 aliphatic carbocycles. The van der Waals surface area contributed by atoms with Crippen molar-refractivity contribution in [3.05, 3.63) is 90.4 Å². The van der Waals surface area contributed by atoms with Gasteiger partial charge in [0.2, 0.25) is 0 Å². The molecule has 3 heterocycles. The van der Waals surface area contributed by atoms with Gasteiger partial charge < -0.3 is 14.5 Å². The Labute approximate surface area is 196 Å². The third-order valence-corrected chi connectivity index (χ3v) is 6.43. The van der Waals surface area contributed by atoms with E-state index in [9.17, 15) is 9.18 Å². The third kappa shape index (κ3) is 3.88. The van der Waals surface area contributed by atoms with E-state index in [-0.39, 0.29) is 23.9 Å². The van der Waals surface area contributed by atoms with Gasteiger partial charge in [-0.05, 0) is 29.3 Å². The van der Waals surface area contributed by atoms with Crippen molar-refractivity contribution in [3.63, 3.8) is 0 Å². The van der Waals surface area contributed by atoms with E-state index in [4.69, 9.17) is 4.74 Å². The summed E-state index contributed by atoms with van der Waals surface area (Å²) in [5, 5.41) is 0. The van der Waals surface area contributed by atoms with Crippen molar-refractivity contribution >= 4 is 22.8 Å². The third-order valence-electron chi connectivity index (χ3n) is 6.43. The number of rotatable bonds is 3. The van der Waals surface area contributed by atoms with Gasteiger partial charge in [-0.25, -0.2) is 9.37 Å². The van der Waals surface area contributed by atoms with E-state index in [0.717, 1.165) is 16.9 Å². The van der Waals surface area contributed by atoms with Gasteiger partial charge in [-0.1, -0.05) is 48.5 Å². The quantitative estimate of drug-likeness (QED) is 0.465. The number of aromatic nitrogens is 2. The standard InChI is InChI=1S/C27H23FN4O2/c28-19-10-11-24-25(12-19)29-13-26(30-24)31-14-20-16-32(17-21(15-31)34-20)27(33)23-9-5-4-8-22(23)18-6-2-1-3-7-18/h1-13,20-21H,14-17H2. The molecule has 6 nitrogen and oxygen atoms in total. The number of hydrogen-bond donors (Lipinski definition) is 0. The Morgan fingerprint density at radius 3 is 2.41 bits per heavy atom. The molecule has 0 saturated carbocycles. The molecule has 2 fully saturated rings. The van der Waals surface area contributed by atoms with Crippen LogP contribution in [0.25, 0.3) is 22.2 Å². The zero-order chi connectivity index (χ0) is 23.1. The highest BCUT2D eigenvalue weighted by molar-refractivity contribution is 6.01. The highest BCUT2D eigenvalue weighted by Crippen LogP contribution is 2.28. The molecule has 6 rings (SSSR count). The van der Waals surface area contributed by atoms with Crippen LogP contribution < -0.4 is 4.90 Å². The van der Waals surface area contributed by atoms with Gasteiger partial charge >= 0.3 is 0 Å². The maximum absolute atomic E-state index is 13.6. The Kier molecular flexibility index (Phi) is 5.19. The molecule has 2 saturated heterocycles. The van der Waals surface area contributed by atoms with Gasteiger partial charge in [-0.3, -0.25) is 9.78 Å². The zero-order valence-corrected chi connectivity index (χ0v) is 18.5. The number of anilines is 1. The number of morpholine rings is 2. The summed E-state index contributed by atoms with van der Waals surface area (Å²) in [6, 6.07) is 22.2. The van der Waals surface area contributed by atoms with Gasteiger partial charge in [0.25, 0.3) is 5.91 Å². The van der Waals surface area contributed by atoms with Crippen LogP contribution in [0.4, 0.5) is 10.2 Å². The van der Waals surface area contributed by atoms with Crippen LogP contribution >= 0.6 is 0 Å². The van der Waals surface area contributed by atoms with Gasteiger partial charge in [0.05, 0.1) is 29.4 Å². The van der Waals surface area contributed by atoms with E-state index in [1.54, 1.807) is 12.3 Å². The highest BCUT2D eigenvalue weighted by atomic mass is 19.1. The van der Waals surface area contributed by atoms with E-state index in [0.29, 0.717) is 42.8 Å². The van der Waals surface area contributed by atoms with E-state index in [2.05, 4.69) is 14.9 Å². The fourth-order valence-electron chi connectivity index (χ4n) is 4.88. The van der Waals surface area contributed by atoms with Gasteiger partial charge in [-0.2, -0.15) is 0 Å². The molecule has 2 unspecified atom stereocenters. The molecule has 34 heavy (non-hydrogen) atoms. The predicted molar refractivity (Wildman–Crippen MR) is 128 cm³/mol. The molecule has 7 heteroatoms. The van der Waals surface area contributed by atoms with Crippen LogP contribution in [0.1, 0.15) is 10.4 Å². The molecule has 2 bridgehead atoms. The van der Waals surface area contributed by atoms with Crippen LogP contribution in [-0.2, 0) is 4.74 Å². The van der Waals surface area contributed by atoms with Crippen molar-refractivity contribution in [1.82, 2.24) is 14.9 Å². The number of hydrogen-bond acceptors (Lipinski definition) is 5. The van der Waals surface area contributed by atoms with Crippen molar-refractivity contribution in [2.24, 2.45) is 0 Å². The summed E-state index contributed by atoms with van der Waals surface area (Å²) in [5.74, 6) is 0.444. The largest absolute Gasteiger partial charge is 0.368 e. The SMILES string of the molecule is O=C(c1ccccc1-c1ccccc1)N1CC2CN(c3cnc4cc(F)ccc4n3)CC(C1)O2. The molecule has 0 spiro atoms. The van der Waals surface area contributed by atoms with Crippen LogP contribution in [-0.4, -0.2) is 59.2 Å². The lowest BCUT2D eigenvalue weighted by atomic mass is 9.98. The maximum atomic E-state index is 13.6. The first kappa shape index (κ1) is 20.7. The van der Waals surface area contributed by atoms with Crippen LogP contribution in [0.3, 0.4) is 0 Å². The second-order valence-corrected chi connectivity index (χ2v) is 8.77. The van der Waals surface area contributed by atoms with Gasteiger partial charge in [0, 0.05) is 37.8 Å². The van der Waals surface area contributed by atoms with Crippen molar-refractivity contribution < 1.29 is 13.9 Å². The molecule has 0 radical (unpaired) electrons. The number of ether oxygens (including phenoxy) is 1. The summed E-state index contributed by atoms with van der Waals surface area (Å²) in [4.78, 5) is 26.7. The molecule has 1 amide bonds. The normalized spacial score (nSPS) is 19.9. The summed E-state index contributed by atoms with van der Waals surface area (Å²) in [6.07, 6.45) is 1.44. The monoisotopic (exact) mass is 454 g/mol. The molecule has 2 aliphatic heterocycles. The molecular weight excluding hydrogens is 431 g/mol.